The van der Waals surface area contributed by atoms with E-state index in [1.54, 1.807) is 0 Å². The zero-order chi connectivity index (χ0) is 11.7. The molecule has 0 aromatic carbocycles. The largest absolute Gasteiger partial charge is 0.392 e. The maximum Gasteiger partial charge on any atom is 0.0679 e. The number of nitrogens with zero attached hydrogens (tertiary/aromatic N) is 1. The van der Waals surface area contributed by atoms with Gasteiger partial charge in [-0.3, -0.25) is 0 Å². The summed E-state index contributed by atoms with van der Waals surface area (Å²) in [6.45, 7) is 4.44. The van der Waals surface area contributed by atoms with Crippen LogP contribution in [0.2, 0.25) is 0 Å². The second kappa shape index (κ2) is 4.87. The molecule has 17 heavy (non-hydrogen) atoms. The summed E-state index contributed by atoms with van der Waals surface area (Å²) in [5, 5.41) is 13.4. The molecule has 3 heteroatoms. The van der Waals surface area contributed by atoms with E-state index in [4.69, 9.17) is 0 Å². The number of hydrogen-bond donors (Lipinski definition) is 2. The van der Waals surface area contributed by atoms with Crippen LogP contribution in [0.15, 0.2) is 0 Å². The van der Waals surface area contributed by atoms with Crippen molar-refractivity contribution < 1.29 is 5.11 Å². The van der Waals surface area contributed by atoms with Gasteiger partial charge in [0.2, 0.25) is 0 Å². The highest BCUT2D eigenvalue weighted by Gasteiger charge is 2.38. The summed E-state index contributed by atoms with van der Waals surface area (Å²) in [7, 11) is 0. The van der Waals surface area contributed by atoms with Crippen LogP contribution in [-0.4, -0.2) is 48.3 Å². The lowest BCUT2D eigenvalue weighted by Gasteiger charge is -2.34. The highest BCUT2D eigenvalue weighted by atomic mass is 16.3. The van der Waals surface area contributed by atoms with E-state index in [2.05, 4.69) is 10.2 Å². The summed E-state index contributed by atoms with van der Waals surface area (Å²) >= 11 is 0. The van der Waals surface area contributed by atoms with Crippen LogP contribution in [0.4, 0.5) is 0 Å². The van der Waals surface area contributed by atoms with Gasteiger partial charge >= 0.3 is 0 Å². The Labute approximate surface area is 105 Å². The third kappa shape index (κ3) is 3.01. The fourth-order valence-electron chi connectivity index (χ4n) is 3.59. The first-order valence-corrected chi connectivity index (χ1v) is 7.40. The minimum atomic E-state index is -0.0650. The van der Waals surface area contributed by atoms with E-state index in [9.17, 15) is 5.11 Å². The van der Waals surface area contributed by atoms with Crippen molar-refractivity contribution in [3.8, 4) is 0 Å². The number of likely N-dealkylation sites (tertiary alicyclic amines) is 1. The molecule has 0 bridgehead atoms. The lowest BCUT2D eigenvalue weighted by Crippen LogP contribution is -2.42. The molecular weight excluding hydrogens is 212 g/mol. The van der Waals surface area contributed by atoms with E-state index in [-0.39, 0.29) is 6.10 Å². The van der Waals surface area contributed by atoms with Crippen molar-refractivity contribution in [1.29, 1.82) is 0 Å². The van der Waals surface area contributed by atoms with Crippen LogP contribution in [-0.2, 0) is 0 Å². The van der Waals surface area contributed by atoms with Gasteiger partial charge in [0.15, 0.2) is 0 Å². The molecule has 0 aromatic heterocycles. The Morgan fingerprint density at radius 3 is 2.53 bits per heavy atom. The zero-order valence-corrected chi connectivity index (χ0v) is 10.8. The summed E-state index contributed by atoms with van der Waals surface area (Å²) in [5.41, 5.74) is 0.520. The fraction of sp³-hybridized carbons (Fsp3) is 1.00. The van der Waals surface area contributed by atoms with Crippen LogP contribution in [0.1, 0.15) is 44.9 Å². The molecule has 1 heterocycles. The molecule has 2 N–H and O–H groups in total. The maximum atomic E-state index is 9.63. The third-order valence-electron chi connectivity index (χ3n) is 4.81. The van der Waals surface area contributed by atoms with Gasteiger partial charge in [-0.1, -0.05) is 12.8 Å². The highest BCUT2D eigenvalue weighted by molar-refractivity contribution is 4.93. The summed E-state index contributed by atoms with van der Waals surface area (Å²) in [4.78, 5) is 2.49. The smallest absolute Gasteiger partial charge is 0.0679 e. The van der Waals surface area contributed by atoms with E-state index >= 15 is 0 Å². The second-order valence-electron chi connectivity index (χ2n) is 6.54. The Hall–Kier alpha value is -0.120. The fourth-order valence-corrected chi connectivity index (χ4v) is 3.59. The molecule has 2 saturated carbocycles. The summed E-state index contributed by atoms with van der Waals surface area (Å²) in [5.74, 6) is 0. The molecule has 3 fully saturated rings. The van der Waals surface area contributed by atoms with Crippen LogP contribution < -0.4 is 5.32 Å². The van der Waals surface area contributed by atoms with Gasteiger partial charge < -0.3 is 15.3 Å². The van der Waals surface area contributed by atoms with Crippen molar-refractivity contribution in [1.82, 2.24) is 10.2 Å². The number of rotatable bonds is 5. The zero-order valence-electron chi connectivity index (χ0n) is 10.8. The summed E-state index contributed by atoms with van der Waals surface area (Å²) < 4.78 is 0. The van der Waals surface area contributed by atoms with Crippen molar-refractivity contribution >= 4 is 0 Å². The van der Waals surface area contributed by atoms with Gasteiger partial charge in [-0.2, -0.15) is 0 Å². The van der Waals surface area contributed by atoms with Gasteiger partial charge in [0.05, 0.1) is 6.10 Å². The molecule has 0 amide bonds. The van der Waals surface area contributed by atoms with Crippen LogP contribution in [0.25, 0.3) is 0 Å². The number of nitrogens with one attached hydrogen (secondary N) is 1. The first-order chi connectivity index (χ1) is 8.26. The minimum Gasteiger partial charge on any atom is -0.392 e. The molecule has 0 radical (unpaired) electrons. The molecule has 0 spiro atoms. The molecular formula is C14H26N2O. The quantitative estimate of drug-likeness (QED) is 0.759. The van der Waals surface area contributed by atoms with Gasteiger partial charge in [-0.25, -0.2) is 0 Å². The third-order valence-corrected chi connectivity index (χ3v) is 4.81. The summed E-state index contributed by atoms with van der Waals surface area (Å²) in [6.07, 6.45) is 9.28. The first kappa shape index (κ1) is 11.9. The molecule has 3 aliphatic rings. The molecule has 1 unspecified atom stereocenters. The number of hydrogen-bond acceptors (Lipinski definition) is 3. The van der Waals surface area contributed by atoms with Crippen molar-refractivity contribution in [2.24, 2.45) is 5.41 Å². The van der Waals surface area contributed by atoms with E-state index in [0.29, 0.717) is 5.41 Å². The SMILES string of the molecule is OC1CCN(CC2(CNC3CC3)CCCC2)C1. The Bertz CT molecular complexity index is 259. The van der Waals surface area contributed by atoms with Crippen LogP contribution in [0.5, 0.6) is 0 Å². The molecule has 1 saturated heterocycles. The molecule has 3 rings (SSSR count). The van der Waals surface area contributed by atoms with Crippen molar-refractivity contribution in [3.63, 3.8) is 0 Å². The molecule has 1 atom stereocenters. The van der Waals surface area contributed by atoms with E-state index in [0.717, 1.165) is 25.6 Å². The Morgan fingerprint density at radius 2 is 1.94 bits per heavy atom. The monoisotopic (exact) mass is 238 g/mol. The average molecular weight is 238 g/mol. The summed E-state index contributed by atoms with van der Waals surface area (Å²) in [6, 6.07) is 0.830. The van der Waals surface area contributed by atoms with Crippen LogP contribution in [0, 0.1) is 5.41 Å². The lowest BCUT2D eigenvalue weighted by atomic mass is 9.85. The average Bonchev–Trinajstić information content (AvgIpc) is 2.90. The Balaban J connectivity index is 1.54. The minimum absolute atomic E-state index is 0.0650. The van der Waals surface area contributed by atoms with E-state index < -0.39 is 0 Å². The van der Waals surface area contributed by atoms with E-state index in [1.165, 1.54) is 51.6 Å². The van der Waals surface area contributed by atoms with Crippen molar-refractivity contribution in [3.05, 3.63) is 0 Å². The number of aliphatic hydroxyl groups is 1. The standard InChI is InChI=1S/C14H26N2O/c17-13-5-8-16(9-13)11-14(6-1-2-7-14)10-15-12-3-4-12/h12-13,15,17H,1-11H2. The normalized spacial score (nSPS) is 33.4. The molecule has 1 aliphatic heterocycles. The van der Waals surface area contributed by atoms with Crippen LogP contribution in [0.3, 0.4) is 0 Å². The van der Waals surface area contributed by atoms with Gasteiger partial charge in [-0.15, -0.1) is 0 Å². The first-order valence-electron chi connectivity index (χ1n) is 7.40. The van der Waals surface area contributed by atoms with Gasteiger partial charge in [-0.05, 0) is 37.5 Å². The maximum absolute atomic E-state index is 9.63. The molecule has 3 nitrogen and oxygen atoms in total. The lowest BCUT2D eigenvalue weighted by molar-refractivity contribution is 0.139. The van der Waals surface area contributed by atoms with Crippen LogP contribution >= 0.6 is 0 Å². The van der Waals surface area contributed by atoms with Crippen molar-refractivity contribution in [2.75, 3.05) is 26.2 Å². The topological polar surface area (TPSA) is 35.5 Å². The molecule has 98 valence electrons. The molecule has 0 aromatic rings. The van der Waals surface area contributed by atoms with Crippen molar-refractivity contribution in [2.45, 2.75) is 57.1 Å². The van der Waals surface area contributed by atoms with Gasteiger partial charge in [0.1, 0.15) is 0 Å². The predicted octanol–water partition coefficient (Wildman–Crippen LogP) is 1.37. The van der Waals surface area contributed by atoms with Gasteiger partial charge in [0, 0.05) is 32.2 Å². The second-order valence-corrected chi connectivity index (χ2v) is 6.54. The number of β-amino-alcohol motifs (C(OH)–C–C–N with tert-alkyl or cyclic N) is 1. The number of aliphatic hydroxyl groups excluding tert-OH is 1. The predicted molar refractivity (Wildman–Crippen MR) is 69.0 cm³/mol. The Morgan fingerprint density at radius 1 is 1.18 bits per heavy atom. The molecule has 2 aliphatic carbocycles. The van der Waals surface area contributed by atoms with E-state index in [1.807, 2.05) is 0 Å². The highest BCUT2D eigenvalue weighted by Crippen LogP contribution is 2.39. The van der Waals surface area contributed by atoms with Gasteiger partial charge in [0.25, 0.3) is 0 Å². The Kier molecular flexibility index (Phi) is 3.42.